The Morgan fingerprint density at radius 1 is 1.14 bits per heavy atom. The summed E-state index contributed by atoms with van der Waals surface area (Å²) in [5.41, 5.74) is 2.31. The normalized spacial score (nSPS) is 24.5. The van der Waals surface area contributed by atoms with E-state index in [1.165, 1.54) is 0 Å². The molecule has 0 spiro atoms. The van der Waals surface area contributed by atoms with Crippen LogP contribution in [0.2, 0.25) is 0 Å². The van der Waals surface area contributed by atoms with Crippen molar-refractivity contribution in [2.24, 2.45) is 0 Å². The molecule has 44 heavy (non-hydrogen) atoms. The summed E-state index contributed by atoms with van der Waals surface area (Å²) in [5, 5.41) is 3.07. The molecule has 0 aliphatic carbocycles. The van der Waals surface area contributed by atoms with E-state index in [4.69, 9.17) is 10.5 Å². The number of hydrogen-bond acceptors (Lipinski definition) is 9. The molecule has 4 aromatic rings. The van der Waals surface area contributed by atoms with Gasteiger partial charge in [0.25, 0.3) is 0 Å². The number of nitrogen functional groups attached to an aromatic ring is 1. The summed E-state index contributed by atoms with van der Waals surface area (Å²) in [5.74, 6) is -1.90. The number of nitrogens with one attached hydrogen (secondary N) is 1. The van der Waals surface area contributed by atoms with Crippen LogP contribution in [0.1, 0.15) is 31.7 Å². The van der Waals surface area contributed by atoms with Crippen molar-refractivity contribution in [2.75, 3.05) is 50.0 Å². The van der Waals surface area contributed by atoms with Gasteiger partial charge in [-0.2, -0.15) is 23.1 Å². The predicted molar refractivity (Wildman–Crippen MR) is 156 cm³/mol. The van der Waals surface area contributed by atoms with Crippen LogP contribution in [0.5, 0.6) is 6.01 Å². The lowest BCUT2D eigenvalue weighted by Crippen LogP contribution is -2.49. The molecule has 234 valence electrons. The number of alkyl halides is 4. The first-order valence-corrected chi connectivity index (χ1v) is 15.2. The van der Waals surface area contributed by atoms with Gasteiger partial charge < -0.3 is 20.7 Å². The third-order valence-corrected chi connectivity index (χ3v) is 9.77. The van der Waals surface area contributed by atoms with Gasteiger partial charge in [0.1, 0.15) is 29.9 Å². The van der Waals surface area contributed by atoms with Gasteiger partial charge in [-0.25, -0.2) is 18.2 Å². The molecule has 15 heteroatoms. The van der Waals surface area contributed by atoms with Crippen LogP contribution in [-0.2, 0) is 6.18 Å². The first-order valence-electron chi connectivity index (χ1n) is 14.4. The third kappa shape index (κ3) is 4.88. The van der Waals surface area contributed by atoms with Gasteiger partial charge in [-0.3, -0.25) is 4.90 Å². The summed E-state index contributed by atoms with van der Waals surface area (Å²) in [4.78, 5) is 16.7. The first kappa shape index (κ1) is 29.3. The Labute approximate surface area is 252 Å². The quantitative estimate of drug-likeness (QED) is 0.276. The molecular formula is C29H29F6N7OS. The molecule has 0 unspecified atom stereocenters. The molecule has 2 aromatic carbocycles. The standard InChI is InChI=1S/C29H29F6N7OS/c1-14-11-41(8-6-37-14)25-17-9-18(29(33,34)35)20(16-3-4-19(31)24-23(16)38-26(36)44-24)21(32)22(17)39-27(40-25)43-13-28-5-2-7-42(28)12-15(30)10-28/h3-4,9,14-15,37H,2,5-8,10-13H2,1H3,(H2,36,38)/t14-,15+,28+/m1/s1. The SMILES string of the molecule is C[C@@H]1CN(c2nc(OC[C@@]34CCCN3C[C@@H](F)C4)nc3c(F)c(-c4ccc(F)c5sc(N)nc45)c(C(F)(F)F)cc23)CCN1. The van der Waals surface area contributed by atoms with Gasteiger partial charge in [0.15, 0.2) is 10.9 Å². The van der Waals surface area contributed by atoms with Gasteiger partial charge in [-0.15, -0.1) is 0 Å². The number of rotatable bonds is 5. The minimum atomic E-state index is -4.99. The Hall–Kier alpha value is -3.43. The molecule has 3 aliphatic heterocycles. The number of anilines is 2. The summed E-state index contributed by atoms with van der Waals surface area (Å²) in [6.07, 6.45) is -4.11. The molecule has 2 aromatic heterocycles. The fourth-order valence-electron chi connectivity index (χ4n) is 6.95. The van der Waals surface area contributed by atoms with E-state index in [2.05, 4.69) is 20.3 Å². The highest BCUT2D eigenvalue weighted by molar-refractivity contribution is 7.22. The molecule has 5 heterocycles. The Bertz CT molecular complexity index is 1770. The van der Waals surface area contributed by atoms with E-state index in [1.54, 1.807) is 4.90 Å². The Morgan fingerprint density at radius 2 is 1.95 bits per heavy atom. The van der Waals surface area contributed by atoms with E-state index in [0.717, 1.165) is 42.5 Å². The van der Waals surface area contributed by atoms with Crippen molar-refractivity contribution in [3.05, 3.63) is 35.4 Å². The second kappa shape index (κ2) is 10.6. The Morgan fingerprint density at radius 3 is 2.73 bits per heavy atom. The summed E-state index contributed by atoms with van der Waals surface area (Å²) < 4.78 is 95.7. The number of piperazine rings is 1. The number of benzene rings is 2. The lowest BCUT2D eigenvalue weighted by molar-refractivity contribution is -0.137. The fourth-order valence-corrected chi connectivity index (χ4v) is 7.71. The molecule has 3 N–H and O–H groups in total. The van der Waals surface area contributed by atoms with E-state index in [0.29, 0.717) is 32.6 Å². The van der Waals surface area contributed by atoms with Gasteiger partial charge in [0.2, 0.25) is 0 Å². The van der Waals surface area contributed by atoms with E-state index in [1.807, 2.05) is 11.8 Å². The van der Waals surface area contributed by atoms with Crippen LogP contribution in [0.4, 0.5) is 37.3 Å². The van der Waals surface area contributed by atoms with Crippen molar-refractivity contribution in [3.8, 4) is 17.1 Å². The number of hydrogen-bond donors (Lipinski definition) is 2. The van der Waals surface area contributed by atoms with Crippen LogP contribution >= 0.6 is 11.3 Å². The zero-order chi connectivity index (χ0) is 31.0. The van der Waals surface area contributed by atoms with Crippen LogP contribution in [0.25, 0.3) is 32.2 Å². The zero-order valence-corrected chi connectivity index (χ0v) is 24.5. The van der Waals surface area contributed by atoms with Crippen LogP contribution < -0.4 is 20.7 Å². The van der Waals surface area contributed by atoms with Gasteiger partial charge in [0, 0.05) is 55.2 Å². The highest BCUT2D eigenvalue weighted by atomic mass is 32.1. The Balaban J connectivity index is 1.43. The molecule has 0 bridgehead atoms. The highest BCUT2D eigenvalue weighted by Gasteiger charge is 2.49. The Kier molecular flexibility index (Phi) is 7.05. The van der Waals surface area contributed by atoms with E-state index < -0.39 is 40.6 Å². The maximum Gasteiger partial charge on any atom is 0.417 e. The number of nitrogens with zero attached hydrogens (tertiary/aromatic N) is 5. The number of aromatic nitrogens is 3. The molecule has 7 rings (SSSR count). The van der Waals surface area contributed by atoms with Gasteiger partial charge >= 0.3 is 12.2 Å². The molecule has 0 radical (unpaired) electrons. The fraction of sp³-hybridized carbons (Fsp3) is 0.483. The van der Waals surface area contributed by atoms with E-state index in [-0.39, 0.29) is 62.7 Å². The number of nitrogens with two attached hydrogens (primary N) is 1. The monoisotopic (exact) mass is 637 g/mol. The summed E-state index contributed by atoms with van der Waals surface area (Å²) in [6, 6.07) is 2.64. The lowest BCUT2D eigenvalue weighted by Gasteiger charge is -2.34. The van der Waals surface area contributed by atoms with Gasteiger partial charge in [0.05, 0.1) is 21.3 Å². The third-order valence-electron chi connectivity index (χ3n) is 8.88. The molecule has 3 fully saturated rings. The number of halogens is 6. The summed E-state index contributed by atoms with van der Waals surface area (Å²) in [7, 11) is 0. The second-order valence-electron chi connectivity index (χ2n) is 11.8. The summed E-state index contributed by atoms with van der Waals surface area (Å²) >= 11 is 0.759. The largest absolute Gasteiger partial charge is 0.461 e. The van der Waals surface area contributed by atoms with Crippen LogP contribution in [0.3, 0.4) is 0 Å². The molecule has 3 aliphatic rings. The molecule has 0 saturated carbocycles. The van der Waals surface area contributed by atoms with Crippen LogP contribution in [-0.4, -0.2) is 76.9 Å². The average Bonchev–Trinajstić information content (AvgIpc) is 3.63. The van der Waals surface area contributed by atoms with Gasteiger partial charge in [-0.05, 0) is 44.5 Å². The first-order chi connectivity index (χ1) is 20.9. The van der Waals surface area contributed by atoms with Crippen molar-refractivity contribution in [3.63, 3.8) is 0 Å². The van der Waals surface area contributed by atoms with Gasteiger partial charge in [-0.1, -0.05) is 11.3 Å². The highest BCUT2D eigenvalue weighted by Crippen LogP contribution is 2.46. The van der Waals surface area contributed by atoms with Crippen molar-refractivity contribution in [1.82, 2.24) is 25.2 Å². The minimum absolute atomic E-state index is 0.0159. The van der Waals surface area contributed by atoms with E-state index in [9.17, 15) is 22.0 Å². The number of fused-ring (bicyclic) bond motifs is 3. The second-order valence-corrected chi connectivity index (χ2v) is 12.9. The molecule has 8 nitrogen and oxygen atoms in total. The number of ether oxygens (including phenoxy) is 1. The molecule has 0 amide bonds. The maximum atomic E-state index is 16.7. The average molecular weight is 638 g/mol. The van der Waals surface area contributed by atoms with Crippen molar-refractivity contribution < 1.29 is 31.1 Å². The smallest absolute Gasteiger partial charge is 0.417 e. The number of thiazole rings is 1. The molecule has 3 atom stereocenters. The van der Waals surface area contributed by atoms with Crippen molar-refractivity contribution in [1.29, 1.82) is 0 Å². The van der Waals surface area contributed by atoms with Crippen molar-refractivity contribution in [2.45, 2.75) is 50.1 Å². The van der Waals surface area contributed by atoms with Crippen LogP contribution in [0.15, 0.2) is 18.2 Å². The molecular weight excluding hydrogens is 608 g/mol. The summed E-state index contributed by atoms with van der Waals surface area (Å²) in [6.45, 7) is 4.35. The lowest BCUT2D eigenvalue weighted by atomic mass is 9.95. The minimum Gasteiger partial charge on any atom is -0.461 e. The molecule has 3 saturated heterocycles. The predicted octanol–water partition coefficient (Wildman–Crippen LogP) is 5.54. The van der Waals surface area contributed by atoms with E-state index >= 15 is 4.39 Å². The maximum absolute atomic E-state index is 16.7. The van der Waals surface area contributed by atoms with Crippen LogP contribution in [0, 0.1) is 11.6 Å². The topological polar surface area (TPSA) is 92.4 Å². The van der Waals surface area contributed by atoms with Crippen molar-refractivity contribution >= 4 is 43.4 Å². The zero-order valence-electron chi connectivity index (χ0n) is 23.6.